The van der Waals surface area contributed by atoms with Crippen LogP contribution in [0.2, 0.25) is 0 Å². The summed E-state index contributed by atoms with van der Waals surface area (Å²) in [6.07, 6.45) is 1.76. The van der Waals surface area contributed by atoms with Gasteiger partial charge in [-0.1, -0.05) is 24.3 Å². The SMILES string of the molecule is COc1ncccc1-c1ccc(CN2CCC(O)=C(C(=O)NCC(=O)O)C2=O)cc1.[NaH]. The minimum atomic E-state index is -1.24. The number of ether oxygens (including phenoxy) is 1. The summed E-state index contributed by atoms with van der Waals surface area (Å²) in [6, 6.07) is 11.2. The third kappa shape index (κ3) is 5.84. The number of hydrogen-bond donors (Lipinski definition) is 3. The Kier molecular flexibility index (Phi) is 8.61. The normalized spacial score (nSPS) is 13.5. The number of hydrogen-bond acceptors (Lipinski definition) is 6. The number of pyridine rings is 1. The number of rotatable bonds is 7. The molecule has 31 heavy (non-hydrogen) atoms. The third-order valence-electron chi connectivity index (χ3n) is 4.64. The molecule has 1 aliphatic heterocycles. The van der Waals surface area contributed by atoms with Crippen LogP contribution in [0.15, 0.2) is 53.9 Å². The van der Waals surface area contributed by atoms with Gasteiger partial charge in [-0.15, -0.1) is 0 Å². The van der Waals surface area contributed by atoms with Crippen molar-refractivity contribution in [2.45, 2.75) is 13.0 Å². The summed E-state index contributed by atoms with van der Waals surface area (Å²) in [6.45, 7) is -0.146. The van der Waals surface area contributed by atoms with E-state index in [1.807, 2.05) is 36.4 Å². The van der Waals surface area contributed by atoms with Crippen molar-refractivity contribution < 1.29 is 29.3 Å². The maximum atomic E-state index is 12.7. The fourth-order valence-electron chi connectivity index (χ4n) is 3.16. The van der Waals surface area contributed by atoms with Crippen molar-refractivity contribution in [3.8, 4) is 17.0 Å². The van der Waals surface area contributed by atoms with Gasteiger partial charge >= 0.3 is 35.5 Å². The van der Waals surface area contributed by atoms with Gasteiger partial charge in [-0.05, 0) is 23.3 Å². The first-order valence-electron chi connectivity index (χ1n) is 9.20. The Morgan fingerprint density at radius 2 is 1.94 bits per heavy atom. The van der Waals surface area contributed by atoms with E-state index in [1.54, 1.807) is 13.3 Å². The number of aliphatic hydroxyl groups excluding tert-OH is 1. The van der Waals surface area contributed by atoms with Crippen molar-refractivity contribution in [2.75, 3.05) is 20.2 Å². The van der Waals surface area contributed by atoms with Crippen LogP contribution in [-0.2, 0) is 20.9 Å². The van der Waals surface area contributed by atoms with Gasteiger partial charge in [-0.3, -0.25) is 14.4 Å². The molecule has 0 aliphatic carbocycles. The van der Waals surface area contributed by atoms with Gasteiger partial charge in [0, 0.05) is 31.3 Å². The number of nitrogens with zero attached hydrogens (tertiary/aromatic N) is 2. The summed E-state index contributed by atoms with van der Waals surface area (Å²) < 4.78 is 5.28. The van der Waals surface area contributed by atoms with Crippen LogP contribution >= 0.6 is 0 Å². The zero-order valence-corrected chi connectivity index (χ0v) is 16.3. The Morgan fingerprint density at radius 3 is 2.58 bits per heavy atom. The average Bonchev–Trinajstić information content (AvgIpc) is 2.75. The minimum absolute atomic E-state index is 0. The number of carboxylic acids is 1. The van der Waals surface area contributed by atoms with Gasteiger partial charge in [0.15, 0.2) is 0 Å². The van der Waals surface area contributed by atoms with E-state index in [1.165, 1.54) is 4.90 Å². The van der Waals surface area contributed by atoms with Crippen molar-refractivity contribution in [1.82, 2.24) is 15.2 Å². The van der Waals surface area contributed by atoms with Crippen LogP contribution in [0.25, 0.3) is 11.1 Å². The van der Waals surface area contributed by atoms with E-state index in [0.29, 0.717) is 5.88 Å². The molecule has 1 aromatic carbocycles. The number of carbonyl (C=O) groups is 3. The van der Waals surface area contributed by atoms with Crippen LogP contribution in [0.3, 0.4) is 0 Å². The molecule has 0 fully saturated rings. The monoisotopic (exact) mass is 435 g/mol. The predicted octanol–water partition coefficient (Wildman–Crippen LogP) is 0.854. The number of amides is 2. The summed E-state index contributed by atoms with van der Waals surface area (Å²) in [5.41, 5.74) is 2.16. The number of nitrogens with one attached hydrogen (secondary N) is 1. The molecule has 0 spiro atoms. The van der Waals surface area contributed by atoms with E-state index in [-0.39, 0.29) is 54.8 Å². The molecule has 0 saturated heterocycles. The van der Waals surface area contributed by atoms with Crippen LogP contribution in [-0.4, -0.2) is 87.6 Å². The van der Waals surface area contributed by atoms with Gasteiger partial charge in [-0.2, -0.15) is 0 Å². The zero-order valence-electron chi connectivity index (χ0n) is 16.3. The summed E-state index contributed by atoms with van der Waals surface area (Å²) in [7, 11) is 1.55. The first-order valence-corrected chi connectivity index (χ1v) is 9.20. The van der Waals surface area contributed by atoms with Crippen LogP contribution in [0.5, 0.6) is 5.88 Å². The molecule has 0 radical (unpaired) electrons. The zero-order chi connectivity index (χ0) is 21.7. The topological polar surface area (TPSA) is 129 Å². The first-order chi connectivity index (χ1) is 14.4. The van der Waals surface area contributed by atoms with Crippen molar-refractivity contribution in [1.29, 1.82) is 0 Å². The van der Waals surface area contributed by atoms with Crippen molar-refractivity contribution in [2.24, 2.45) is 0 Å². The Hall–Kier alpha value is -2.88. The van der Waals surface area contributed by atoms with Gasteiger partial charge < -0.3 is 25.2 Å². The van der Waals surface area contributed by atoms with Crippen molar-refractivity contribution in [3.63, 3.8) is 0 Å². The number of carboxylic acid groups (broad SMARTS) is 1. The van der Waals surface area contributed by atoms with E-state index in [4.69, 9.17) is 9.84 Å². The molecule has 2 amide bonds. The Morgan fingerprint density at radius 1 is 1.23 bits per heavy atom. The molecule has 9 nitrogen and oxygen atoms in total. The molecule has 158 valence electrons. The number of benzene rings is 1. The average molecular weight is 435 g/mol. The summed E-state index contributed by atoms with van der Waals surface area (Å²) in [5, 5.41) is 20.8. The van der Waals surface area contributed by atoms with Crippen LogP contribution in [0, 0.1) is 0 Å². The number of aliphatic hydroxyl groups is 1. The summed E-state index contributed by atoms with van der Waals surface area (Å²) in [4.78, 5) is 41.0. The van der Waals surface area contributed by atoms with Crippen LogP contribution < -0.4 is 10.1 Å². The molecular weight excluding hydrogens is 413 g/mol. The molecule has 0 bridgehead atoms. The quantitative estimate of drug-likeness (QED) is 0.434. The molecule has 2 heterocycles. The van der Waals surface area contributed by atoms with Crippen LogP contribution in [0.4, 0.5) is 0 Å². The molecular formula is C21H22N3NaO6. The predicted molar refractivity (Wildman–Crippen MR) is 114 cm³/mol. The molecule has 2 aromatic rings. The molecule has 3 N–H and O–H groups in total. The maximum absolute atomic E-state index is 12.7. The van der Waals surface area contributed by atoms with Crippen molar-refractivity contribution in [3.05, 3.63) is 59.5 Å². The second-order valence-electron chi connectivity index (χ2n) is 6.63. The Labute approximate surface area is 201 Å². The molecule has 1 aliphatic rings. The van der Waals surface area contributed by atoms with E-state index in [2.05, 4.69) is 10.3 Å². The second-order valence-corrected chi connectivity index (χ2v) is 6.63. The summed E-state index contributed by atoms with van der Waals surface area (Å²) >= 11 is 0. The first kappa shape index (κ1) is 24.4. The van der Waals surface area contributed by atoms with Gasteiger partial charge in [0.05, 0.1) is 7.11 Å². The number of methoxy groups -OCH3 is 1. The van der Waals surface area contributed by atoms with E-state index < -0.39 is 29.9 Å². The van der Waals surface area contributed by atoms with Gasteiger partial charge in [0.1, 0.15) is 17.9 Å². The molecule has 1 aromatic heterocycles. The van der Waals surface area contributed by atoms with E-state index >= 15 is 0 Å². The molecule has 0 unspecified atom stereocenters. The number of aliphatic carboxylic acids is 1. The molecule has 0 atom stereocenters. The van der Waals surface area contributed by atoms with Gasteiger partial charge in [0.25, 0.3) is 11.8 Å². The molecule has 3 rings (SSSR count). The summed E-state index contributed by atoms with van der Waals surface area (Å²) in [5.74, 6) is -2.61. The molecule has 10 heteroatoms. The van der Waals surface area contributed by atoms with E-state index in [9.17, 15) is 19.5 Å². The van der Waals surface area contributed by atoms with Gasteiger partial charge in [-0.25, -0.2) is 4.98 Å². The van der Waals surface area contributed by atoms with Crippen LogP contribution in [0.1, 0.15) is 12.0 Å². The molecule has 0 saturated carbocycles. The second kappa shape index (κ2) is 10.9. The number of carbonyl (C=O) groups excluding carboxylic acids is 2. The Bertz CT molecular complexity index is 1010. The third-order valence-corrected chi connectivity index (χ3v) is 4.64. The standard InChI is InChI=1S/C21H21N3O6.Na.H/c1-30-20-15(3-2-9-22-20)14-6-4-13(5-7-14)12-24-10-8-16(25)18(21(24)29)19(28)23-11-17(26)27;;/h2-7,9,25H,8,10-12H2,1H3,(H,23,28)(H,26,27);;. The Balaban J connectivity index is 0.00000341. The fourth-order valence-corrected chi connectivity index (χ4v) is 3.16. The fraction of sp³-hybridized carbons (Fsp3) is 0.238. The van der Waals surface area contributed by atoms with E-state index in [0.717, 1.165) is 16.7 Å². The van der Waals surface area contributed by atoms with Crippen molar-refractivity contribution >= 4 is 47.3 Å². The number of aromatic nitrogens is 1. The van der Waals surface area contributed by atoms with Gasteiger partial charge in [0.2, 0.25) is 5.88 Å².